The largest absolute Gasteiger partial charge is 0.462 e. The van der Waals surface area contributed by atoms with Crippen molar-refractivity contribution in [3.05, 3.63) is 87.3 Å². The number of rotatable bonds is 7. The fraction of sp³-hybridized carbons (Fsp3) is 0.185. The van der Waals surface area contributed by atoms with Gasteiger partial charge < -0.3 is 10.1 Å². The summed E-state index contributed by atoms with van der Waals surface area (Å²) < 4.78 is 5.11. The van der Waals surface area contributed by atoms with Crippen molar-refractivity contribution in [2.45, 2.75) is 26.4 Å². The molecule has 0 spiro atoms. The van der Waals surface area contributed by atoms with Crippen molar-refractivity contribution >= 4 is 51.8 Å². The molecule has 1 unspecified atom stereocenters. The summed E-state index contributed by atoms with van der Waals surface area (Å²) in [6.07, 6.45) is 0. The van der Waals surface area contributed by atoms with Gasteiger partial charge in [-0.3, -0.25) is 33.8 Å². The Kier molecular flexibility index (Phi) is 6.37. The molecule has 2 aliphatic heterocycles. The van der Waals surface area contributed by atoms with Crippen LogP contribution >= 0.6 is 11.3 Å². The van der Waals surface area contributed by atoms with Crippen LogP contribution in [0.3, 0.4) is 0 Å². The molecule has 0 radical (unpaired) electrons. The maximum Gasteiger partial charge on any atom is 0.341 e. The number of fused-ring (bicyclic) bond motifs is 2. The van der Waals surface area contributed by atoms with E-state index in [1.54, 1.807) is 43.3 Å². The van der Waals surface area contributed by atoms with Gasteiger partial charge in [0.15, 0.2) is 0 Å². The molecular formula is C27H21N3O7S. The van der Waals surface area contributed by atoms with Crippen molar-refractivity contribution in [1.29, 1.82) is 0 Å². The molecule has 192 valence electrons. The van der Waals surface area contributed by atoms with E-state index in [9.17, 15) is 28.8 Å². The third-order valence-corrected chi connectivity index (χ3v) is 7.33. The average molecular weight is 532 g/mol. The molecule has 5 amide bonds. The maximum absolute atomic E-state index is 13.2. The van der Waals surface area contributed by atoms with Crippen LogP contribution in [0, 0.1) is 0 Å². The molecule has 1 atom stereocenters. The number of imide groups is 2. The molecule has 1 aromatic heterocycles. The van der Waals surface area contributed by atoms with Crippen molar-refractivity contribution in [2.24, 2.45) is 0 Å². The number of nitrogens with zero attached hydrogens (tertiary/aromatic N) is 2. The van der Waals surface area contributed by atoms with E-state index >= 15 is 0 Å². The fourth-order valence-electron chi connectivity index (χ4n) is 4.41. The first-order valence-electron chi connectivity index (χ1n) is 11.8. The normalized spacial score (nSPS) is 15.0. The van der Waals surface area contributed by atoms with Crippen LogP contribution < -0.4 is 5.32 Å². The van der Waals surface area contributed by atoms with Gasteiger partial charge >= 0.3 is 5.97 Å². The molecular weight excluding hydrogens is 510 g/mol. The summed E-state index contributed by atoms with van der Waals surface area (Å²) in [6, 6.07) is 13.0. The number of hydrogen-bond donors (Lipinski definition) is 1. The predicted octanol–water partition coefficient (Wildman–Crippen LogP) is 3.34. The Bertz CT molecular complexity index is 1470. The zero-order valence-corrected chi connectivity index (χ0v) is 21.2. The molecule has 3 aromatic rings. The van der Waals surface area contributed by atoms with Crippen molar-refractivity contribution < 1.29 is 33.5 Å². The van der Waals surface area contributed by atoms with E-state index in [1.165, 1.54) is 25.1 Å². The summed E-state index contributed by atoms with van der Waals surface area (Å²) >= 11 is 0.993. The quantitative estimate of drug-likeness (QED) is 0.366. The van der Waals surface area contributed by atoms with Gasteiger partial charge in [-0.1, -0.05) is 24.3 Å². The summed E-state index contributed by atoms with van der Waals surface area (Å²) in [6.45, 7) is 3.01. The predicted molar refractivity (Wildman–Crippen MR) is 136 cm³/mol. The van der Waals surface area contributed by atoms with Gasteiger partial charge in [0.1, 0.15) is 11.0 Å². The van der Waals surface area contributed by atoms with Crippen LogP contribution in [0.2, 0.25) is 0 Å². The van der Waals surface area contributed by atoms with Crippen molar-refractivity contribution in [1.82, 2.24) is 9.80 Å². The minimum Gasteiger partial charge on any atom is -0.462 e. The fourth-order valence-corrected chi connectivity index (χ4v) is 5.44. The number of carbonyl (C=O) groups excluding carboxylic acids is 6. The monoisotopic (exact) mass is 531 g/mol. The van der Waals surface area contributed by atoms with Crippen LogP contribution in [-0.2, 0) is 16.1 Å². The molecule has 0 saturated heterocycles. The number of ether oxygens (including phenoxy) is 1. The Morgan fingerprint density at radius 2 is 1.37 bits per heavy atom. The van der Waals surface area contributed by atoms with Gasteiger partial charge in [0.2, 0.25) is 5.91 Å². The minimum atomic E-state index is -1.18. The maximum atomic E-state index is 13.2. The minimum absolute atomic E-state index is 0.0337. The number of nitrogens with one attached hydrogen (secondary N) is 1. The number of amides is 5. The molecule has 3 heterocycles. The molecule has 1 N–H and O–H groups in total. The number of hydrogen-bond acceptors (Lipinski definition) is 8. The molecule has 2 aromatic carbocycles. The smallest absolute Gasteiger partial charge is 0.341 e. The van der Waals surface area contributed by atoms with Crippen LogP contribution in [0.25, 0.3) is 0 Å². The van der Waals surface area contributed by atoms with E-state index in [2.05, 4.69) is 5.32 Å². The zero-order valence-electron chi connectivity index (χ0n) is 20.3. The standard InChI is InChI=1S/C27H21N3O7S/c1-3-37-27(36)20-12-15(13-29-23(32)16-8-4-5-9-17(16)24(29)33)38-22(20)28-21(31)14(2)30-25(34)18-10-6-7-11-19(18)26(30)35/h4-12,14H,3,13H2,1-2H3,(H,28,31). The van der Waals surface area contributed by atoms with Crippen molar-refractivity contribution in [3.63, 3.8) is 0 Å². The molecule has 10 nitrogen and oxygen atoms in total. The number of benzene rings is 2. The molecule has 0 fully saturated rings. The van der Waals surface area contributed by atoms with E-state index in [-0.39, 0.29) is 34.8 Å². The highest BCUT2D eigenvalue weighted by molar-refractivity contribution is 7.16. The van der Waals surface area contributed by atoms with E-state index in [0.717, 1.165) is 21.1 Å². The number of anilines is 1. The number of carbonyl (C=O) groups is 6. The summed E-state index contributed by atoms with van der Waals surface area (Å²) in [5.74, 6) is -3.49. The Labute approximate surface area is 220 Å². The third kappa shape index (κ3) is 4.06. The van der Waals surface area contributed by atoms with E-state index in [4.69, 9.17) is 4.74 Å². The first kappa shape index (κ1) is 25.0. The van der Waals surface area contributed by atoms with Crippen LogP contribution in [0.4, 0.5) is 5.00 Å². The van der Waals surface area contributed by atoms with Gasteiger partial charge in [0, 0.05) is 4.88 Å². The second kappa shape index (κ2) is 9.67. The average Bonchev–Trinajstić information content (AvgIpc) is 3.51. The lowest BCUT2D eigenvalue weighted by Gasteiger charge is -2.21. The van der Waals surface area contributed by atoms with Crippen LogP contribution in [-0.4, -0.2) is 58.0 Å². The lowest BCUT2D eigenvalue weighted by atomic mass is 10.1. The summed E-state index contributed by atoms with van der Waals surface area (Å²) in [5.41, 5.74) is 1.05. The van der Waals surface area contributed by atoms with Crippen LogP contribution in [0.1, 0.15) is 70.5 Å². The van der Waals surface area contributed by atoms with Crippen molar-refractivity contribution in [3.8, 4) is 0 Å². The molecule has 0 bridgehead atoms. The lowest BCUT2D eigenvalue weighted by Crippen LogP contribution is -2.45. The van der Waals surface area contributed by atoms with E-state index in [1.807, 2.05) is 0 Å². The van der Waals surface area contributed by atoms with Crippen molar-refractivity contribution in [2.75, 3.05) is 11.9 Å². The summed E-state index contributed by atoms with van der Waals surface area (Å²) in [5, 5.41) is 2.74. The molecule has 2 aliphatic rings. The Morgan fingerprint density at radius 1 is 0.868 bits per heavy atom. The Balaban J connectivity index is 1.39. The first-order chi connectivity index (χ1) is 18.2. The highest BCUT2D eigenvalue weighted by Crippen LogP contribution is 2.33. The Morgan fingerprint density at radius 3 is 1.87 bits per heavy atom. The SMILES string of the molecule is CCOC(=O)c1cc(CN2C(=O)c3ccccc3C2=O)sc1NC(=O)C(C)N1C(=O)c2ccccc2C1=O. The lowest BCUT2D eigenvalue weighted by molar-refractivity contribution is -0.119. The number of esters is 1. The van der Waals surface area contributed by atoms with Gasteiger partial charge in [0.25, 0.3) is 23.6 Å². The van der Waals surface area contributed by atoms with Gasteiger partial charge in [0.05, 0.1) is 41.0 Å². The zero-order chi connectivity index (χ0) is 27.1. The summed E-state index contributed by atoms with van der Waals surface area (Å²) in [7, 11) is 0. The number of thiophene rings is 1. The molecule has 11 heteroatoms. The van der Waals surface area contributed by atoms with Gasteiger partial charge in [-0.05, 0) is 44.2 Å². The Hall–Kier alpha value is -4.64. The van der Waals surface area contributed by atoms with Gasteiger partial charge in [-0.25, -0.2) is 4.79 Å². The van der Waals surface area contributed by atoms with E-state index < -0.39 is 41.5 Å². The van der Waals surface area contributed by atoms with Crippen LogP contribution in [0.5, 0.6) is 0 Å². The van der Waals surface area contributed by atoms with Gasteiger partial charge in [-0.15, -0.1) is 11.3 Å². The van der Waals surface area contributed by atoms with Crippen LogP contribution in [0.15, 0.2) is 54.6 Å². The second-order valence-electron chi connectivity index (χ2n) is 8.61. The highest BCUT2D eigenvalue weighted by Gasteiger charge is 2.41. The molecule has 38 heavy (non-hydrogen) atoms. The second-order valence-corrected chi connectivity index (χ2v) is 9.75. The summed E-state index contributed by atoms with van der Waals surface area (Å²) in [4.78, 5) is 79.4. The topological polar surface area (TPSA) is 130 Å². The molecule has 5 rings (SSSR count). The van der Waals surface area contributed by atoms with Gasteiger partial charge in [-0.2, -0.15) is 0 Å². The molecule has 0 saturated carbocycles. The molecule has 0 aliphatic carbocycles. The highest BCUT2D eigenvalue weighted by atomic mass is 32.1. The first-order valence-corrected chi connectivity index (χ1v) is 12.6. The van der Waals surface area contributed by atoms with E-state index in [0.29, 0.717) is 16.0 Å². The third-order valence-electron chi connectivity index (χ3n) is 6.30.